The molecule has 0 spiro atoms. The second-order valence-electron chi connectivity index (χ2n) is 5.31. The molecule has 0 bridgehead atoms. The molecule has 1 aliphatic rings. The normalized spacial score (nSPS) is 16.8. The molecule has 1 N–H and O–H groups in total. The molecule has 1 aliphatic heterocycles. The van der Waals surface area contributed by atoms with Crippen molar-refractivity contribution in [2.45, 2.75) is 13.5 Å². The Morgan fingerprint density at radius 1 is 1.15 bits per heavy atom. The van der Waals surface area contributed by atoms with Gasteiger partial charge in [0.2, 0.25) is 0 Å². The number of anilines is 1. The molecule has 5 nitrogen and oxygen atoms in total. The molecule has 20 heavy (non-hydrogen) atoms. The van der Waals surface area contributed by atoms with E-state index < -0.39 is 0 Å². The fraction of sp³-hybridized carbons (Fsp3) is 0.467. The van der Waals surface area contributed by atoms with Crippen LogP contribution in [0.2, 0.25) is 0 Å². The van der Waals surface area contributed by atoms with E-state index in [0.717, 1.165) is 49.6 Å². The monoisotopic (exact) mass is 271 g/mol. The topological polar surface area (TPSA) is 48.2 Å². The van der Waals surface area contributed by atoms with Crippen LogP contribution in [0.15, 0.2) is 24.3 Å². The molecule has 0 amide bonds. The van der Waals surface area contributed by atoms with Crippen LogP contribution in [0.5, 0.6) is 0 Å². The number of nitrogens with one attached hydrogen (secondary N) is 1. The van der Waals surface area contributed by atoms with Crippen LogP contribution in [-0.4, -0.2) is 47.7 Å². The highest BCUT2D eigenvalue weighted by molar-refractivity contribution is 5.76. The zero-order valence-electron chi connectivity index (χ0n) is 12.1. The van der Waals surface area contributed by atoms with E-state index in [1.807, 2.05) is 28.8 Å². The fourth-order valence-electron chi connectivity index (χ4n) is 2.76. The van der Waals surface area contributed by atoms with Gasteiger partial charge in [-0.2, -0.15) is 0 Å². The van der Waals surface area contributed by atoms with Crippen molar-refractivity contribution in [3.8, 4) is 0 Å². The van der Waals surface area contributed by atoms with Crippen molar-refractivity contribution in [3.63, 3.8) is 0 Å². The second kappa shape index (κ2) is 5.25. The SMILES string of the molecule is CCn1c(=N)c(N2CCN(C)CC2)nc2ccccc21. The van der Waals surface area contributed by atoms with Crippen LogP contribution in [0.3, 0.4) is 0 Å². The van der Waals surface area contributed by atoms with Crippen LogP contribution < -0.4 is 10.4 Å². The molecule has 1 saturated heterocycles. The Kier molecular flexibility index (Phi) is 3.44. The van der Waals surface area contributed by atoms with E-state index >= 15 is 0 Å². The highest BCUT2D eigenvalue weighted by Crippen LogP contribution is 2.15. The van der Waals surface area contributed by atoms with E-state index in [0.29, 0.717) is 5.49 Å². The van der Waals surface area contributed by atoms with Gasteiger partial charge in [0.05, 0.1) is 11.0 Å². The van der Waals surface area contributed by atoms with Crippen molar-refractivity contribution >= 4 is 16.9 Å². The first-order valence-corrected chi connectivity index (χ1v) is 7.18. The van der Waals surface area contributed by atoms with E-state index in [9.17, 15) is 0 Å². The molecule has 0 atom stereocenters. The fourth-order valence-corrected chi connectivity index (χ4v) is 2.76. The number of benzene rings is 1. The third-order valence-corrected chi connectivity index (χ3v) is 4.00. The van der Waals surface area contributed by atoms with Crippen LogP contribution in [0, 0.1) is 5.41 Å². The Labute approximate surface area is 119 Å². The molecule has 0 unspecified atom stereocenters. The minimum absolute atomic E-state index is 0.524. The summed E-state index contributed by atoms with van der Waals surface area (Å²) in [5.74, 6) is 0.818. The number of fused-ring (bicyclic) bond motifs is 1. The average molecular weight is 271 g/mol. The van der Waals surface area contributed by atoms with Gasteiger partial charge >= 0.3 is 0 Å². The van der Waals surface area contributed by atoms with Gasteiger partial charge in [-0.25, -0.2) is 4.98 Å². The number of piperazine rings is 1. The minimum Gasteiger partial charge on any atom is -0.351 e. The Morgan fingerprint density at radius 3 is 2.55 bits per heavy atom. The van der Waals surface area contributed by atoms with Crippen molar-refractivity contribution in [3.05, 3.63) is 29.8 Å². The van der Waals surface area contributed by atoms with Gasteiger partial charge in [-0.3, -0.25) is 5.41 Å². The van der Waals surface area contributed by atoms with Crippen molar-refractivity contribution in [1.82, 2.24) is 14.5 Å². The largest absolute Gasteiger partial charge is 0.351 e. The first kappa shape index (κ1) is 13.1. The first-order valence-electron chi connectivity index (χ1n) is 7.18. The van der Waals surface area contributed by atoms with Gasteiger partial charge < -0.3 is 14.4 Å². The van der Waals surface area contributed by atoms with E-state index in [2.05, 4.69) is 23.8 Å². The van der Waals surface area contributed by atoms with E-state index in [1.54, 1.807) is 0 Å². The third-order valence-electron chi connectivity index (χ3n) is 4.00. The summed E-state index contributed by atoms with van der Waals surface area (Å²) >= 11 is 0. The number of aryl methyl sites for hydroxylation is 1. The number of rotatable bonds is 2. The van der Waals surface area contributed by atoms with Gasteiger partial charge in [0.15, 0.2) is 11.3 Å². The number of nitrogens with zero attached hydrogens (tertiary/aromatic N) is 4. The molecule has 0 saturated carbocycles. The lowest BCUT2D eigenvalue weighted by Crippen LogP contribution is -2.47. The molecule has 0 radical (unpaired) electrons. The van der Waals surface area contributed by atoms with E-state index in [4.69, 9.17) is 10.4 Å². The van der Waals surface area contributed by atoms with Gasteiger partial charge in [0.1, 0.15) is 0 Å². The van der Waals surface area contributed by atoms with E-state index in [1.165, 1.54) is 0 Å². The number of hydrogen-bond donors (Lipinski definition) is 1. The maximum atomic E-state index is 8.46. The Hall–Kier alpha value is -1.88. The Morgan fingerprint density at radius 2 is 1.85 bits per heavy atom. The van der Waals surface area contributed by atoms with Crippen LogP contribution >= 0.6 is 0 Å². The maximum Gasteiger partial charge on any atom is 0.172 e. The van der Waals surface area contributed by atoms with Gasteiger partial charge in [-0.1, -0.05) is 12.1 Å². The Balaban J connectivity index is 2.11. The second-order valence-corrected chi connectivity index (χ2v) is 5.31. The Bertz CT molecular complexity index is 668. The summed E-state index contributed by atoms with van der Waals surface area (Å²) in [5.41, 5.74) is 2.54. The smallest absolute Gasteiger partial charge is 0.172 e. The molecule has 1 aromatic heterocycles. The minimum atomic E-state index is 0.524. The lowest BCUT2D eigenvalue weighted by molar-refractivity contribution is 0.311. The van der Waals surface area contributed by atoms with Gasteiger partial charge in [0, 0.05) is 32.7 Å². The van der Waals surface area contributed by atoms with Gasteiger partial charge in [0.25, 0.3) is 0 Å². The van der Waals surface area contributed by atoms with Crippen LogP contribution in [-0.2, 0) is 6.54 Å². The lowest BCUT2D eigenvalue weighted by atomic mass is 10.2. The predicted octanol–water partition coefficient (Wildman–Crippen LogP) is 1.29. The summed E-state index contributed by atoms with van der Waals surface area (Å²) in [6.07, 6.45) is 0. The zero-order chi connectivity index (χ0) is 14.1. The standard InChI is InChI=1S/C15H21N5/c1-3-20-13-7-5-4-6-12(13)17-15(14(20)16)19-10-8-18(2)9-11-19/h4-7,16H,3,8-11H2,1-2H3. The van der Waals surface area contributed by atoms with Crippen LogP contribution in [0.4, 0.5) is 5.82 Å². The molecule has 1 fully saturated rings. The van der Waals surface area contributed by atoms with Gasteiger partial charge in [-0.15, -0.1) is 0 Å². The number of likely N-dealkylation sites (N-methyl/N-ethyl adjacent to an activating group) is 1. The molecule has 5 heteroatoms. The third kappa shape index (κ3) is 2.18. The summed E-state index contributed by atoms with van der Waals surface area (Å²) < 4.78 is 2.04. The molecular formula is C15H21N5. The van der Waals surface area contributed by atoms with Crippen molar-refractivity contribution in [1.29, 1.82) is 5.41 Å². The summed E-state index contributed by atoms with van der Waals surface area (Å²) in [5, 5.41) is 8.46. The van der Waals surface area contributed by atoms with Crippen molar-refractivity contribution < 1.29 is 0 Å². The van der Waals surface area contributed by atoms with Crippen LogP contribution in [0.1, 0.15) is 6.92 Å². The van der Waals surface area contributed by atoms with Crippen molar-refractivity contribution in [2.24, 2.45) is 0 Å². The molecule has 0 aliphatic carbocycles. The first-order chi connectivity index (χ1) is 9.70. The van der Waals surface area contributed by atoms with Crippen molar-refractivity contribution in [2.75, 3.05) is 38.1 Å². The quantitative estimate of drug-likeness (QED) is 0.895. The predicted molar refractivity (Wildman–Crippen MR) is 81.0 cm³/mol. The number of aromatic nitrogens is 2. The molecule has 1 aromatic carbocycles. The molecular weight excluding hydrogens is 250 g/mol. The molecule has 2 aromatic rings. The average Bonchev–Trinajstić information content (AvgIpc) is 2.48. The van der Waals surface area contributed by atoms with E-state index in [-0.39, 0.29) is 0 Å². The van der Waals surface area contributed by atoms with Crippen LogP contribution in [0.25, 0.3) is 11.0 Å². The number of para-hydroxylation sites is 2. The summed E-state index contributed by atoms with van der Waals surface area (Å²) in [6, 6.07) is 8.08. The zero-order valence-corrected chi connectivity index (χ0v) is 12.1. The lowest BCUT2D eigenvalue weighted by Gasteiger charge is -2.33. The van der Waals surface area contributed by atoms with Gasteiger partial charge in [-0.05, 0) is 26.1 Å². The molecule has 106 valence electrons. The summed E-state index contributed by atoms with van der Waals surface area (Å²) in [6.45, 7) is 6.82. The summed E-state index contributed by atoms with van der Waals surface area (Å²) in [7, 11) is 2.14. The summed E-state index contributed by atoms with van der Waals surface area (Å²) in [4.78, 5) is 9.28. The number of hydrogen-bond acceptors (Lipinski definition) is 4. The highest BCUT2D eigenvalue weighted by atomic mass is 15.3. The molecule has 3 rings (SSSR count). The molecule has 2 heterocycles. The highest BCUT2D eigenvalue weighted by Gasteiger charge is 2.18. The maximum absolute atomic E-state index is 8.46.